The molecule has 0 aliphatic rings. The molecule has 0 unspecified atom stereocenters. The Balaban J connectivity index is 1.73. The monoisotopic (exact) mass is 388 g/mol. The smallest absolute Gasteiger partial charge is 0.274 e. The molecule has 0 fully saturated rings. The van der Waals surface area contributed by atoms with Crippen LogP contribution in [0.2, 0.25) is 0 Å². The molecule has 2 heterocycles. The van der Waals surface area contributed by atoms with Crippen molar-refractivity contribution >= 4 is 17.3 Å². The molecule has 0 atom stereocenters. The van der Waals surface area contributed by atoms with E-state index in [1.54, 1.807) is 18.6 Å². The Morgan fingerprint density at radius 3 is 2.59 bits per heavy atom. The van der Waals surface area contributed by atoms with Crippen LogP contribution in [0.1, 0.15) is 46.9 Å². The number of hydrogen-bond acceptors (Lipinski definition) is 4. The molecule has 0 bridgehead atoms. The van der Waals surface area contributed by atoms with Crippen molar-refractivity contribution in [1.82, 2.24) is 9.97 Å². The highest BCUT2D eigenvalue weighted by Crippen LogP contribution is 2.28. The van der Waals surface area contributed by atoms with Crippen molar-refractivity contribution in [2.45, 2.75) is 33.1 Å². The average molecular weight is 389 g/mol. The zero-order valence-corrected chi connectivity index (χ0v) is 17.5. The van der Waals surface area contributed by atoms with E-state index in [9.17, 15) is 4.79 Å². The van der Waals surface area contributed by atoms with Gasteiger partial charge in [0.1, 0.15) is 5.69 Å². The van der Waals surface area contributed by atoms with Crippen molar-refractivity contribution < 1.29 is 4.79 Å². The lowest BCUT2D eigenvalue weighted by Crippen LogP contribution is -2.22. The van der Waals surface area contributed by atoms with Crippen molar-refractivity contribution in [3.63, 3.8) is 0 Å². The van der Waals surface area contributed by atoms with Crippen molar-refractivity contribution in [3.05, 3.63) is 83.4 Å². The lowest BCUT2D eigenvalue weighted by molar-refractivity contribution is 0.102. The maximum Gasteiger partial charge on any atom is 0.274 e. The van der Waals surface area contributed by atoms with Gasteiger partial charge in [0.05, 0.1) is 0 Å². The number of pyridine rings is 2. The Labute approximate surface area is 172 Å². The Bertz CT molecular complexity index is 970. The number of carbonyl (C=O) groups excluding carboxylic acids is 1. The van der Waals surface area contributed by atoms with E-state index in [4.69, 9.17) is 0 Å². The van der Waals surface area contributed by atoms with E-state index in [2.05, 4.69) is 40.1 Å². The van der Waals surface area contributed by atoms with Crippen LogP contribution >= 0.6 is 0 Å². The van der Waals surface area contributed by atoms with E-state index in [0.717, 1.165) is 35.5 Å². The van der Waals surface area contributed by atoms with Gasteiger partial charge in [-0.25, -0.2) is 0 Å². The third kappa shape index (κ3) is 5.19. The normalized spacial score (nSPS) is 10.8. The number of nitrogens with one attached hydrogen (secondary N) is 1. The first-order valence-electron chi connectivity index (χ1n) is 9.92. The van der Waals surface area contributed by atoms with Crippen LogP contribution < -0.4 is 10.2 Å². The first-order chi connectivity index (χ1) is 14.0. The van der Waals surface area contributed by atoms with Gasteiger partial charge in [0, 0.05) is 43.6 Å². The van der Waals surface area contributed by atoms with E-state index in [-0.39, 0.29) is 5.91 Å². The summed E-state index contributed by atoms with van der Waals surface area (Å²) in [4.78, 5) is 23.4. The van der Waals surface area contributed by atoms with Crippen molar-refractivity contribution in [1.29, 1.82) is 0 Å². The molecule has 29 heavy (non-hydrogen) atoms. The van der Waals surface area contributed by atoms with Gasteiger partial charge in [-0.1, -0.05) is 32.0 Å². The molecule has 1 amide bonds. The highest BCUT2D eigenvalue weighted by molar-refractivity contribution is 6.04. The van der Waals surface area contributed by atoms with Gasteiger partial charge in [0.2, 0.25) is 0 Å². The quantitative estimate of drug-likeness (QED) is 0.629. The number of likely N-dealkylation sites (N-methyl/N-ethyl adjacent to an activating group) is 1. The van der Waals surface area contributed by atoms with Crippen LogP contribution in [0, 0.1) is 6.92 Å². The summed E-state index contributed by atoms with van der Waals surface area (Å²) in [5.41, 5.74) is 5.67. The van der Waals surface area contributed by atoms with E-state index in [1.165, 1.54) is 5.56 Å². The molecule has 1 aromatic carbocycles. The molecular formula is C24H28N4O. The molecule has 5 heteroatoms. The highest BCUT2D eigenvalue weighted by atomic mass is 16.1. The van der Waals surface area contributed by atoms with Crippen molar-refractivity contribution in [3.8, 4) is 0 Å². The molecule has 1 N–H and O–H groups in total. The number of para-hydroxylation sites is 1. The average Bonchev–Trinajstić information content (AvgIpc) is 2.74. The lowest BCUT2D eigenvalue weighted by Gasteiger charge is -2.20. The van der Waals surface area contributed by atoms with Gasteiger partial charge in [-0.15, -0.1) is 0 Å². The summed E-state index contributed by atoms with van der Waals surface area (Å²) in [7, 11) is 2.02. The summed E-state index contributed by atoms with van der Waals surface area (Å²) >= 11 is 0. The van der Waals surface area contributed by atoms with Gasteiger partial charge in [-0.05, 0) is 60.2 Å². The van der Waals surface area contributed by atoms with Gasteiger partial charge >= 0.3 is 0 Å². The Morgan fingerprint density at radius 1 is 1.10 bits per heavy atom. The molecule has 5 nitrogen and oxygen atoms in total. The Kier molecular flexibility index (Phi) is 6.60. The Hall–Kier alpha value is -3.21. The minimum Gasteiger partial charge on any atom is -0.374 e. The second kappa shape index (κ2) is 9.32. The maximum absolute atomic E-state index is 12.9. The highest BCUT2D eigenvalue weighted by Gasteiger charge is 2.15. The molecular weight excluding hydrogens is 360 g/mol. The topological polar surface area (TPSA) is 58.1 Å². The molecule has 0 aliphatic carbocycles. The zero-order valence-electron chi connectivity index (χ0n) is 17.5. The molecule has 0 spiro atoms. The number of benzene rings is 1. The van der Waals surface area contributed by atoms with Crippen LogP contribution in [-0.4, -0.2) is 29.5 Å². The summed E-state index contributed by atoms with van der Waals surface area (Å²) in [6.07, 6.45) is 6.21. The second-order valence-electron chi connectivity index (χ2n) is 7.57. The van der Waals surface area contributed by atoms with Crippen LogP contribution in [0.15, 0.2) is 61.1 Å². The largest absolute Gasteiger partial charge is 0.374 e. The molecule has 3 aromatic rings. The van der Waals surface area contributed by atoms with E-state index >= 15 is 0 Å². The molecule has 150 valence electrons. The molecule has 0 saturated heterocycles. The van der Waals surface area contributed by atoms with Crippen LogP contribution in [0.3, 0.4) is 0 Å². The zero-order chi connectivity index (χ0) is 20.8. The SMILES string of the molecule is Cc1cccc(C(C)C)c1NC(=O)c1cc(N(C)CCc2ccncc2)ccn1. The van der Waals surface area contributed by atoms with E-state index < -0.39 is 0 Å². The number of anilines is 2. The van der Waals surface area contributed by atoms with Crippen LogP contribution in [0.5, 0.6) is 0 Å². The third-order valence-electron chi connectivity index (χ3n) is 5.07. The van der Waals surface area contributed by atoms with E-state index in [0.29, 0.717) is 11.6 Å². The number of hydrogen-bond donors (Lipinski definition) is 1. The Morgan fingerprint density at radius 2 is 1.86 bits per heavy atom. The molecule has 0 radical (unpaired) electrons. The van der Waals surface area contributed by atoms with Crippen molar-refractivity contribution in [2.24, 2.45) is 0 Å². The first-order valence-corrected chi connectivity index (χ1v) is 9.92. The van der Waals surface area contributed by atoms with Gasteiger partial charge in [-0.2, -0.15) is 0 Å². The maximum atomic E-state index is 12.9. The van der Waals surface area contributed by atoms with Crippen LogP contribution in [-0.2, 0) is 6.42 Å². The number of amides is 1. The van der Waals surface area contributed by atoms with Crippen LogP contribution in [0.4, 0.5) is 11.4 Å². The predicted octanol–water partition coefficient (Wildman–Crippen LogP) is 4.84. The minimum absolute atomic E-state index is 0.189. The van der Waals surface area contributed by atoms with Crippen LogP contribution in [0.25, 0.3) is 0 Å². The standard InChI is InChI=1S/C24H28N4O/c1-17(2)21-7-5-6-18(3)23(21)27-24(29)22-16-20(10-14-26-22)28(4)15-11-19-8-12-25-13-9-19/h5-10,12-14,16-17H,11,15H2,1-4H3,(H,27,29). The minimum atomic E-state index is -0.189. The predicted molar refractivity (Wildman–Crippen MR) is 119 cm³/mol. The fourth-order valence-electron chi connectivity index (χ4n) is 3.28. The summed E-state index contributed by atoms with van der Waals surface area (Å²) in [5.74, 6) is 0.134. The number of carbonyl (C=O) groups is 1. The van der Waals surface area contributed by atoms with Gasteiger partial charge in [0.15, 0.2) is 0 Å². The number of aryl methyl sites for hydroxylation is 1. The second-order valence-corrected chi connectivity index (χ2v) is 7.57. The van der Waals surface area contributed by atoms with Crippen molar-refractivity contribution in [2.75, 3.05) is 23.8 Å². The summed E-state index contributed by atoms with van der Waals surface area (Å²) in [5, 5.41) is 3.07. The molecule has 0 saturated carbocycles. The number of rotatable bonds is 7. The molecule has 2 aromatic heterocycles. The number of nitrogens with zero attached hydrogens (tertiary/aromatic N) is 3. The lowest BCUT2D eigenvalue weighted by atomic mass is 9.98. The van der Waals surface area contributed by atoms with E-state index in [1.807, 2.05) is 50.4 Å². The summed E-state index contributed by atoms with van der Waals surface area (Å²) in [6.45, 7) is 7.10. The molecule has 3 rings (SSSR count). The fourth-order valence-corrected chi connectivity index (χ4v) is 3.28. The van der Waals surface area contributed by atoms with Gasteiger partial charge in [-0.3, -0.25) is 14.8 Å². The summed E-state index contributed by atoms with van der Waals surface area (Å²) in [6, 6.07) is 13.9. The van der Waals surface area contributed by atoms with Gasteiger partial charge in [0.25, 0.3) is 5.91 Å². The fraction of sp³-hybridized carbons (Fsp3) is 0.292. The first kappa shape index (κ1) is 20.5. The number of aromatic nitrogens is 2. The van der Waals surface area contributed by atoms with Gasteiger partial charge < -0.3 is 10.2 Å². The summed E-state index contributed by atoms with van der Waals surface area (Å²) < 4.78 is 0. The molecule has 0 aliphatic heterocycles. The third-order valence-corrected chi connectivity index (χ3v) is 5.07.